The third kappa shape index (κ3) is 13.9. The van der Waals surface area contributed by atoms with Gasteiger partial charge in [0, 0.05) is 16.2 Å². The molecule has 0 heterocycles. The van der Waals surface area contributed by atoms with Crippen LogP contribution < -0.4 is 0 Å². The highest BCUT2D eigenvalue weighted by Gasteiger charge is 2.39. The Morgan fingerprint density at radius 2 is 0.331 bits per heavy atom. The van der Waals surface area contributed by atoms with E-state index in [0.29, 0.717) is 0 Å². The van der Waals surface area contributed by atoms with Crippen molar-refractivity contribution in [2.75, 3.05) is 0 Å². The second kappa shape index (κ2) is 33.9. The van der Waals surface area contributed by atoms with Crippen LogP contribution in [0.15, 0.2) is 491 Å². The molecule has 0 spiro atoms. The predicted molar refractivity (Wildman–Crippen MR) is 609 cm³/mol. The minimum Gasteiger partial charge on any atom is -0.0622 e. The first-order valence-corrected chi connectivity index (χ1v) is 50.1. The van der Waals surface area contributed by atoms with Gasteiger partial charge in [0.1, 0.15) is 0 Å². The van der Waals surface area contributed by atoms with Crippen molar-refractivity contribution in [1.82, 2.24) is 0 Å². The highest BCUT2D eigenvalue weighted by atomic mass is 14.4. The van der Waals surface area contributed by atoms with Gasteiger partial charge >= 0.3 is 0 Å². The Morgan fingerprint density at radius 3 is 0.662 bits per heavy atom. The van der Waals surface area contributed by atoms with Crippen LogP contribution >= 0.6 is 0 Å². The molecular weight excluding hydrogens is 1710 g/mol. The Balaban J connectivity index is 0.000000111. The number of benzene rings is 25. The Morgan fingerprint density at radius 1 is 0.120 bits per heavy atom. The fourth-order valence-corrected chi connectivity index (χ4v) is 24.8. The van der Waals surface area contributed by atoms with Gasteiger partial charge < -0.3 is 0 Å². The first-order valence-electron chi connectivity index (χ1n) is 50.1. The molecule has 0 N–H and O–H groups in total. The SMILES string of the molecule is CC1(C)c2ccccc2-c2ccc(-c3c4ccccc4c(-c4ccc5ccccc5c4)c4ccc(-c5ccccc5)cc34)cc21.CC1(C)c2ccccc2-c2ccc(-c3c4ccccc4c(-c4ccccc4)c4ccc(-c5ccccc5)cc34)cc21.Cc1ccc2c(-c3ccc(-c4c5ccccc5c(-c5ccccc5)c5ccccc45)cc3)c3ccccc3c(-c3ccc4c(c3)C(C)(C)c3ccccc3-4)c2c1. The van der Waals surface area contributed by atoms with E-state index in [-0.39, 0.29) is 16.2 Å². The zero-order valence-electron chi connectivity index (χ0n) is 80.8. The number of aryl methyl sites for hydroxylation is 1. The Bertz CT molecular complexity index is 9400. The van der Waals surface area contributed by atoms with Crippen molar-refractivity contribution in [3.05, 3.63) is 530 Å². The van der Waals surface area contributed by atoms with E-state index in [9.17, 15) is 0 Å². The maximum Gasteiger partial charge on any atom is 0.0159 e. The molecule has 3 aliphatic rings. The highest BCUT2D eigenvalue weighted by Crippen LogP contribution is 2.58. The normalized spacial score (nSPS) is 13.2. The smallest absolute Gasteiger partial charge is 0.0159 e. The molecule has 25 aromatic rings. The molecule has 25 aromatic carbocycles. The van der Waals surface area contributed by atoms with Crippen LogP contribution in [-0.2, 0) is 16.2 Å². The van der Waals surface area contributed by atoms with Crippen molar-refractivity contribution in [2.24, 2.45) is 0 Å². The van der Waals surface area contributed by atoms with Gasteiger partial charge in [-0.1, -0.05) is 502 Å². The van der Waals surface area contributed by atoms with Gasteiger partial charge in [0.15, 0.2) is 0 Å². The summed E-state index contributed by atoms with van der Waals surface area (Å²) in [7, 11) is 0. The minimum absolute atomic E-state index is 0.0489. The predicted octanol–water partition coefficient (Wildman–Crippen LogP) is 39.3. The standard InChI is InChI=1S/C56H40.C45H32.C41H30/c1-35-25-31-48-49(33-35)55(39-30-32-41-40-17-13-14-24-50(40)56(2,3)51(41)34-39)47-23-12-11-22-46(47)54(48)38-28-26-37(27-29-38)53-44-20-9-7-18-42(44)52(36-15-5-4-6-16-36)43-19-8-10-21-45(43)53;1-45(2)41-19-11-10-16-35(41)36-24-23-34(28-42(36)45)44-38-18-9-8-17-37(38)43(33-21-20-30-14-6-7-15-31(30)26-33)39-25-22-32(27-40(39)44)29-12-4-3-5-13-29;1-41(2)37-20-12-11-17-31(37)32-23-22-30(26-38(32)41)40-34-19-10-9-18-33(34)39(28-15-7-4-8-16-28)35-24-21-29(25-36(35)40)27-13-5-3-6-14-27/h4-34H,1-3H3;3-28H,1-2H3;3-26H,1-2H3. The fourth-order valence-electron chi connectivity index (χ4n) is 24.8. The first-order chi connectivity index (χ1) is 69.7. The van der Waals surface area contributed by atoms with E-state index in [0.717, 1.165) is 0 Å². The molecule has 670 valence electrons. The summed E-state index contributed by atoms with van der Waals surface area (Å²) in [5.74, 6) is 0. The monoisotopic (exact) mass is 1810 g/mol. The summed E-state index contributed by atoms with van der Waals surface area (Å²) < 4.78 is 0. The van der Waals surface area contributed by atoms with E-state index in [4.69, 9.17) is 0 Å². The van der Waals surface area contributed by atoms with Gasteiger partial charge in [-0.15, -0.1) is 0 Å². The first kappa shape index (κ1) is 85.3. The highest BCUT2D eigenvalue weighted by molar-refractivity contribution is 6.27. The maximum atomic E-state index is 2.48. The minimum atomic E-state index is -0.0658. The molecule has 0 aromatic heterocycles. The van der Waals surface area contributed by atoms with Crippen molar-refractivity contribution < 1.29 is 0 Å². The molecule has 0 atom stereocenters. The topological polar surface area (TPSA) is 0 Å². The van der Waals surface area contributed by atoms with Gasteiger partial charge in [-0.2, -0.15) is 0 Å². The van der Waals surface area contributed by atoms with Crippen molar-refractivity contribution >= 4 is 97.0 Å². The molecular formula is C142H102. The van der Waals surface area contributed by atoms with Gasteiger partial charge in [0.2, 0.25) is 0 Å². The van der Waals surface area contributed by atoms with E-state index >= 15 is 0 Å². The Kier molecular flexibility index (Phi) is 20.3. The van der Waals surface area contributed by atoms with Crippen LogP contribution in [0.25, 0.3) is 242 Å². The molecule has 0 fully saturated rings. The van der Waals surface area contributed by atoms with Gasteiger partial charge in [-0.3, -0.25) is 0 Å². The van der Waals surface area contributed by atoms with Crippen molar-refractivity contribution in [2.45, 2.75) is 64.7 Å². The van der Waals surface area contributed by atoms with Crippen LogP contribution in [0.1, 0.15) is 80.5 Å². The number of fused-ring (bicyclic) bond motifs is 18. The van der Waals surface area contributed by atoms with E-state index < -0.39 is 0 Å². The van der Waals surface area contributed by atoms with Crippen molar-refractivity contribution in [1.29, 1.82) is 0 Å². The number of hydrogen-bond acceptors (Lipinski definition) is 0. The lowest BCUT2D eigenvalue weighted by Crippen LogP contribution is -2.14. The largest absolute Gasteiger partial charge is 0.0622 e. The fraction of sp³-hybridized carbons (Fsp3) is 0.0704. The van der Waals surface area contributed by atoms with Crippen LogP contribution in [0.4, 0.5) is 0 Å². The molecule has 0 amide bonds. The molecule has 142 heavy (non-hydrogen) atoms. The van der Waals surface area contributed by atoms with Crippen LogP contribution in [0.5, 0.6) is 0 Å². The molecule has 0 nitrogen and oxygen atoms in total. The molecule has 0 bridgehead atoms. The average Bonchev–Trinajstić information content (AvgIpc) is 1.64. The lowest BCUT2D eigenvalue weighted by atomic mass is 9.80. The van der Waals surface area contributed by atoms with Crippen molar-refractivity contribution in [3.8, 4) is 145 Å². The Labute approximate surface area is 830 Å². The van der Waals surface area contributed by atoms with E-state index in [1.54, 1.807) is 0 Å². The number of rotatable bonds is 10. The van der Waals surface area contributed by atoms with Gasteiger partial charge in [-0.05, 0) is 318 Å². The number of hydrogen-bond donors (Lipinski definition) is 0. The van der Waals surface area contributed by atoms with Gasteiger partial charge in [-0.25, -0.2) is 0 Å². The second-order valence-electron chi connectivity index (χ2n) is 40.7. The van der Waals surface area contributed by atoms with Crippen molar-refractivity contribution in [3.63, 3.8) is 0 Å². The summed E-state index contributed by atoms with van der Waals surface area (Å²) in [6.07, 6.45) is 0. The third-order valence-corrected chi connectivity index (χ3v) is 31.6. The summed E-state index contributed by atoms with van der Waals surface area (Å²) >= 11 is 0. The van der Waals surface area contributed by atoms with Crippen LogP contribution in [0, 0.1) is 6.92 Å². The summed E-state index contributed by atoms with van der Waals surface area (Å²) in [4.78, 5) is 0. The van der Waals surface area contributed by atoms with E-state index in [1.165, 1.54) is 281 Å². The zero-order valence-corrected chi connectivity index (χ0v) is 80.8. The zero-order chi connectivity index (χ0) is 95.2. The Hall–Kier alpha value is -17.2. The van der Waals surface area contributed by atoms with Gasteiger partial charge in [0.05, 0.1) is 0 Å². The maximum absolute atomic E-state index is 2.48. The molecule has 0 heteroatoms. The summed E-state index contributed by atoms with van der Waals surface area (Å²) in [5, 5.41) is 23.0. The second-order valence-corrected chi connectivity index (χ2v) is 40.7. The lowest BCUT2D eigenvalue weighted by molar-refractivity contribution is 0.660. The van der Waals surface area contributed by atoms with E-state index in [1.807, 2.05) is 0 Å². The van der Waals surface area contributed by atoms with Crippen LogP contribution in [0.2, 0.25) is 0 Å². The third-order valence-electron chi connectivity index (χ3n) is 31.6. The van der Waals surface area contributed by atoms with Crippen LogP contribution in [0.3, 0.4) is 0 Å². The summed E-state index contributed by atoms with van der Waals surface area (Å²) in [5.41, 5.74) is 43.0. The van der Waals surface area contributed by atoms with Crippen LogP contribution in [-0.4, -0.2) is 0 Å². The quantitative estimate of drug-likeness (QED) is 0.120. The molecule has 3 aliphatic carbocycles. The lowest BCUT2D eigenvalue weighted by Gasteiger charge is -2.23. The molecule has 0 unspecified atom stereocenters. The molecule has 0 saturated carbocycles. The average molecular weight is 1810 g/mol. The molecule has 0 radical (unpaired) electrons. The molecule has 0 saturated heterocycles. The summed E-state index contributed by atoms with van der Waals surface area (Å²) in [6.45, 7) is 16.4. The van der Waals surface area contributed by atoms with E-state index in [2.05, 4.69) is 540 Å². The molecule has 0 aliphatic heterocycles. The molecule has 28 rings (SSSR count). The van der Waals surface area contributed by atoms with Gasteiger partial charge in [0.25, 0.3) is 0 Å². The summed E-state index contributed by atoms with van der Waals surface area (Å²) in [6, 6.07) is 182.